The van der Waals surface area contributed by atoms with Crippen LogP contribution in [0.2, 0.25) is 0 Å². The minimum atomic E-state index is 0. The van der Waals surface area contributed by atoms with E-state index in [1.54, 1.807) is 7.11 Å². The summed E-state index contributed by atoms with van der Waals surface area (Å²) >= 11 is 0. The van der Waals surface area contributed by atoms with Gasteiger partial charge in [0, 0.05) is 6.54 Å². The zero-order valence-electron chi connectivity index (χ0n) is 14.1. The van der Waals surface area contributed by atoms with Crippen LogP contribution in [0.5, 0.6) is 11.5 Å². The van der Waals surface area contributed by atoms with Crippen molar-refractivity contribution in [2.24, 2.45) is 0 Å². The smallest absolute Gasteiger partial charge is 0.161 e. The average molecular weight is 336 g/mol. The van der Waals surface area contributed by atoms with Crippen LogP contribution in [0.25, 0.3) is 0 Å². The molecule has 4 heteroatoms. The summed E-state index contributed by atoms with van der Waals surface area (Å²) in [6, 6.07) is 14.4. The predicted molar refractivity (Wildman–Crippen MR) is 97.8 cm³/mol. The summed E-state index contributed by atoms with van der Waals surface area (Å²) in [6.07, 6.45) is 1.13. The molecule has 0 atom stereocenters. The van der Waals surface area contributed by atoms with Crippen LogP contribution in [-0.2, 0) is 13.2 Å². The van der Waals surface area contributed by atoms with Crippen molar-refractivity contribution in [1.29, 1.82) is 0 Å². The summed E-state index contributed by atoms with van der Waals surface area (Å²) in [5.41, 5.74) is 3.63. The molecule has 3 nitrogen and oxygen atoms in total. The second-order valence-corrected chi connectivity index (χ2v) is 5.38. The zero-order chi connectivity index (χ0) is 15.8. The van der Waals surface area contributed by atoms with E-state index in [2.05, 4.69) is 37.4 Å². The van der Waals surface area contributed by atoms with Crippen molar-refractivity contribution in [1.82, 2.24) is 5.32 Å². The SMILES string of the molecule is CCCNCc1ccc(OCc2ccccc2C)c(OC)c1.Cl. The minimum Gasteiger partial charge on any atom is -0.493 e. The van der Waals surface area contributed by atoms with Gasteiger partial charge >= 0.3 is 0 Å². The van der Waals surface area contributed by atoms with Gasteiger partial charge in [-0.25, -0.2) is 0 Å². The third-order valence-electron chi connectivity index (χ3n) is 3.63. The molecule has 126 valence electrons. The van der Waals surface area contributed by atoms with Gasteiger partial charge in [0.2, 0.25) is 0 Å². The van der Waals surface area contributed by atoms with Gasteiger partial charge in [-0.2, -0.15) is 0 Å². The maximum atomic E-state index is 5.93. The fourth-order valence-corrected chi connectivity index (χ4v) is 2.28. The topological polar surface area (TPSA) is 30.5 Å². The average Bonchev–Trinajstić information content (AvgIpc) is 2.55. The summed E-state index contributed by atoms with van der Waals surface area (Å²) in [7, 11) is 1.68. The Hall–Kier alpha value is -1.71. The van der Waals surface area contributed by atoms with Crippen LogP contribution < -0.4 is 14.8 Å². The molecule has 0 saturated heterocycles. The van der Waals surface area contributed by atoms with Crippen molar-refractivity contribution in [3.8, 4) is 11.5 Å². The Balaban J connectivity index is 0.00000264. The highest BCUT2D eigenvalue weighted by atomic mass is 35.5. The van der Waals surface area contributed by atoms with Crippen LogP contribution >= 0.6 is 12.4 Å². The number of benzene rings is 2. The van der Waals surface area contributed by atoms with Crippen molar-refractivity contribution in [3.05, 3.63) is 59.2 Å². The van der Waals surface area contributed by atoms with Gasteiger partial charge in [-0.05, 0) is 48.7 Å². The second kappa shape index (κ2) is 10.1. The lowest BCUT2D eigenvalue weighted by molar-refractivity contribution is 0.283. The summed E-state index contributed by atoms with van der Waals surface area (Å²) in [4.78, 5) is 0. The Morgan fingerprint density at radius 3 is 2.52 bits per heavy atom. The van der Waals surface area contributed by atoms with Gasteiger partial charge in [0.1, 0.15) is 6.61 Å². The Bertz CT molecular complexity index is 602. The number of methoxy groups -OCH3 is 1. The largest absolute Gasteiger partial charge is 0.493 e. The van der Waals surface area contributed by atoms with E-state index in [0.717, 1.165) is 31.0 Å². The van der Waals surface area contributed by atoms with Crippen molar-refractivity contribution in [3.63, 3.8) is 0 Å². The van der Waals surface area contributed by atoms with Crippen LogP contribution in [0.15, 0.2) is 42.5 Å². The Kier molecular flexibility index (Phi) is 8.52. The first-order valence-electron chi connectivity index (χ1n) is 7.79. The van der Waals surface area contributed by atoms with Crippen molar-refractivity contribution in [2.45, 2.75) is 33.4 Å². The highest BCUT2D eigenvalue weighted by molar-refractivity contribution is 5.85. The van der Waals surface area contributed by atoms with E-state index in [4.69, 9.17) is 9.47 Å². The second-order valence-electron chi connectivity index (χ2n) is 5.38. The van der Waals surface area contributed by atoms with Gasteiger partial charge in [0.05, 0.1) is 7.11 Å². The molecule has 2 rings (SSSR count). The number of rotatable bonds is 8. The van der Waals surface area contributed by atoms with Crippen LogP contribution in [0.3, 0.4) is 0 Å². The number of aryl methyl sites for hydroxylation is 1. The Morgan fingerprint density at radius 1 is 1.04 bits per heavy atom. The molecule has 0 aliphatic rings. The summed E-state index contributed by atoms with van der Waals surface area (Å²) in [5.74, 6) is 1.56. The number of hydrogen-bond donors (Lipinski definition) is 1. The summed E-state index contributed by atoms with van der Waals surface area (Å²) in [6.45, 7) is 6.68. The van der Waals surface area contributed by atoms with Gasteiger partial charge in [0.15, 0.2) is 11.5 Å². The van der Waals surface area contributed by atoms with Crippen molar-refractivity contribution >= 4 is 12.4 Å². The summed E-state index contributed by atoms with van der Waals surface area (Å²) in [5, 5.41) is 3.39. The quantitative estimate of drug-likeness (QED) is 0.720. The van der Waals surface area contributed by atoms with Crippen LogP contribution in [0.1, 0.15) is 30.0 Å². The van der Waals surface area contributed by atoms with Gasteiger partial charge in [-0.15, -0.1) is 12.4 Å². The fourth-order valence-electron chi connectivity index (χ4n) is 2.28. The highest BCUT2D eigenvalue weighted by Crippen LogP contribution is 2.29. The monoisotopic (exact) mass is 335 g/mol. The molecule has 2 aromatic carbocycles. The fraction of sp³-hybridized carbons (Fsp3) is 0.368. The highest BCUT2D eigenvalue weighted by Gasteiger charge is 2.07. The first-order valence-corrected chi connectivity index (χ1v) is 7.79. The van der Waals surface area contributed by atoms with E-state index < -0.39 is 0 Å². The van der Waals surface area contributed by atoms with Crippen molar-refractivity contribution in [2.75, 3.05) is 13.7 Å². The first-order chi connectivity index (χ1) is 10.7. The lowest BCUT2D eigenvalue weighted by Crippen LogP contribution is -2.13. The van der Waals surface area contributed by atoms with Crippen LogP contribution in [0.4, 0.5) is 0 Å². The molecule has 23 heavy (non-hydrogen) atoms. The molecule has 0 radical (unpaired) electrons. The number of hydrogen-bond acceptors (Lipinski definition) is 3. The molecule has 0 spiro atoms. The molecule has 0 aliphatic carbocycles. The van der Waals surface area contributed by atoms with Gasteiger partial charge in [-0.1, -0.05) is 37.3 Å². The molecule has 0 unspecified atom stereocenters. The molecular weight excluding hydrogens is 310 g/mol. The standard InChI is InChI=1S/C19H25NO2.ClH/c1-4-11-20-13-16-9-10-18(19(12-16)21-3)22-14-17-8-6-5-7-15(17)2;/h5-10,12,20H,4,11,13-14H2,1-3H3;1H. The lowest BCUT2D eigenvalue weighted by Gasteiger charge is -2.13. The molecule has 0 amide bonds. The van der Waals surface area contributed by atoms with Gasteiger partial charge in [-0.3, -0.25) is 0 Å². The molecule has 0 bridgehead atoms. The zero-order valence-corrected chi connectivity index (χ0v) is 14.9. The van der Waals surface area contributed by atoms with E-state index in [1.165, 1.54) is 16.7 Å². The van der Waals surface area contributed by atoms with Gasteiger partial charge in [0.25, 0.3) is 0 Å². The lowest BCUT2D eigenvalue weighted by atomic mass is 10.1. The van der Waals surface area contributed by atoms with E-state index in [-0.39, 0.29) is 12.4 Å². The Morgan fingerprint density at radius 2 is 1.83 bits per heavy atom. The molecule has 0 fully saturated rings. The van der Waals surface area contributed by atoms with Gasteiger partial charge < -0.3 is 14.8 Å². The minimum absolute atomic E-state index is 0. The molecule has 0 heterocycles. The number of nitrogens with one attached hydrogen (secondary N) is 1. The molecule has 2 aromatic rings. The maximum absolute atomic E-state index is 5.93. The third kappa shape index (κ3) is 5.77. The number of ether oxygens (including phenoxy) is 2. The molecule has 1 N–H and O–H groups in total. The molecule has 0 aliphatic heterocycles. The molecular formula is C19H26ClNO2. The van der Waals surface area contributed by atoms with Crippen LogP contribution in [0, 0.1) is 6.92 Å². The number of halogens is 1. The van der Waals surface area contributed by atoms with Crippen molar-refractivity contribution < 1.29 is 9.47 Å². The first kappa shape index (κ1) is 19.3. The maximum Gasteiger partial charge on any atom is 0.161 e. The van der Waals surface area contributed by atoms with E-state index >= 15 is 0 Å². The normalized spacial score (nSPS) is 10.0. The predicted octanol–water partition coefficient (Wildman–Crippen LogP) is 4.50. The Labute approximate surface area is 145 Å². The van der Waals surface area contributed by atoms with E-state index in [9.17, 15) is 0 Å². The van der Waals surface area contributed by atoms with Crippen LogP contribution in [-0.4, -0.2) is 13.7 Å². The molecule has 0 saturated carbocycles. The third-order valence-corrected chi connectivity index (χ3v) is 3.63. The van der Waals surface area contributed by atoms with E-state index in [1.807, 2.05) is 24.3 Å². The molecule has 0 aromatic heterocycles. The summed E-state index contributed by atoms with van der Waals surface area (Å²) < 4.78 is 11.4. The van der Waals surface area contributed by atoms with E-state index in [0.29, 0.717) is 6.61 Å².